The van der Waals surface area contributed by atoms with Crippen LogP contribution in [0.3, 0.4) is 0 Å². The van der Waals surface area contributed by atoms with Crippen LogP contribution in [0.15, 0.2) is 52.5 Å². The third-order valence-corrected chi connectivity index (χ3v) is 3.62. The molecule has 0 saturated heterocycles. The fourth-order valence-corrected chi connectivity index (χ4v) is 2.55. The number of fused-ring (bicyclic) bond motifs is 1. The number of ether oxygens (including phenoxy) is 1. The van der Waals surface area contributed by atoms with Crippen LogP contribution in [0.5, 0.6) is 5.75 Å². The Morgan fingerprint density at radius 1 is 1.38 bits per heavy atom. The van der Waals surface area contributed by atoms with Crippen LogP contribution in [0.4, 0.5) is 0 Å². The molecule has 3 N–H and O–H groups in total. The third-order valence-electron chi connectivity index (χ3n) is 3.62. The van der Waals surface area contributed by atoms with Crippen LogP contribution in [0.1, 0.15) is 17.0 Å². The van der Waals surface area contributed by atoms with Gasteiger partial charge in [-0.2, -0.15) is 0 Å². The van der Waals surface area contributed by atoms with Gasteiger partial charge in [0.15, 0.2) is 5.84 Å². The molecule has 3 rings (SSSR count). The van der Waals surface area contributed by atoms with Gasteiger partial charge >= 0.3 is 0 Å². The average Bonchev–Trinajstić information content (AvgIpc) is 2.92. The molecule has 0 amide bonds. The first kappa shape index (κ1) is 13.2. The summed E-state index contributed by atoms with van der Waals surface area (Å²) >= 11 is 0. The van der Waals surface area contributed by atoms with Crippen LogP contribution in [0.25, 0.3) is 0 Å². The number of hydrogen-bond donors (Lipinski definition) is 2. The Labute approximate surface area is 121 Å². The standard InChI is InChI=1S/C15H15N3O3/c16-14(17-20)12-5-3-7-18(15(12)19)8-10-9-21-13-6-2-1-4-11(10)13/h1-7,10,20H,8-9H2,(H2,16,17). The second kappa shape index (κ2) is 5.32. The normalized spacial score (nSPS) is 17.3. The number of para-hydroxylation sites is 1. The van der Waals surface area contributed by atoms with Crippen LogP contribution in [0, 0.1) is 0 Å². The fourth-order valence-electron chi connectivity index (χ4n) is 2.55. The molecule has 6 nitrogen and oxygen atoms in total. The highest BCUT2D eigenvalue weighted by molar-refractivity contribution is 5.96. The number of aromatic nitrogens is 1. The van der Waals surface area contributed by atoms with Crippen molar-refractivity contribution < 1.29 is 9.94 Å². The molecule has 0 radical (unpaired) electrons. The number of benzene rings is 1. The second-order valence-electron chi connectivity index (χ2n) is 4.91. The van der Waals surface area contributed by atoms with Crippen molar-refractivity contribution in [1.82, 2.24) is 4.57 Å². The molecule has 0 aliphatic carbocycles. The van der Waals surface area contributed by atoms with Gasteiger partial charge in [-0.15, -0.1) is 0 Å². The summed E-state index contributed by atoms with van der Waals surface area (Å²) in [5.41, 5.74) is 6.51. The number of hydrogen-bond acceptors (Lipinski definition) is 4. The Balaban J connectivity index is 1.92. The quantitative estimate of drug-likeness (QED) is 0.383. The van der Waals surface area contributed by atoms with E-state index in [9.17, 15) is 4.79 Å². The van der Waals surface area contributed by atoms with Gasteiger partial charge in [0.1, 0.15) is 5.75 Å². The van der Waals surface area contributed by atoms with Gasteiger partial charge < -0.3 is 20.2 Å². The lowest BCUT2D eigenvalue weighted by Crippen LogP contribution is -2.31. The van der Waals surface area contributed by atoms with E-state index >= 15 is 0 Å². The Morgan fingerprint density at radius 2 is 2.19 bits per heavy atom. The molecule has 0 saturated carbocycles. The van der Waals surface area contributed by atoms with Crippen molar-refractivity contribution in [2.75, 3.05) is 6.61 Å². The summed E-state index contributed by atoms with van der Waals surface area (Å²) in [7, 11) is 0. The van der Waals surface area contributed by atoms with Crippen LogP contribution >= 0.6 is 0 Å². The SMILES string of the molecule is N/C(=N/O)c1cccn(CC2COc3ccccc32)c1=O. The first-order valence-corrected chi connectivity index (χ1v) is 6.60. The van der Waals surface area contributed by atoms with E-state index in [1.54, 1.807) is 16.8 Å². The summed E-state index contributed by atoms with van der Waals surface area (Å²) in [6, 6.07) is 11.0. The van der Waals surface area contributed by atoms with E-state index in [0.717, 1.165) is 11.3 Å². The molecule has 1 atom stereocenters. The zero-order valence-corrected chi connectivity index (χ0v) is 11.3. The molecule has 0 fully saturated rings. The molecule has 1 unspecified atom stereocenters. The molecule has 21 heavy (non-hydrogen) atoms. The molecule has 1 aliphatic rings. The summed E-state index contributed by atoms with van der Waals surface area (Å²) in [5.74, 6) is 0.794. The lowest BCUT2D eigenvalue weighted by molar-refractivity contribution is 0.317. The van der Waals surface area contributed by atoms with Gasteiger partial charge in [-0.3, -0.25) is 4.79 Å². The minimum Gasteiger partial charge on any atom is -0.493 e. The van der Waals surface area contributed by atoms with E-state index < -0.39 is 0 Å². The van der Waals surface area contributed by atoms with Crippen molar-refractivity contribution in [3.05, 3.63) is 64.1 Å². The molecule has 1 aromatic carbocycles. The van der Waals surface area contributed by atoms with E-state index in [1.165, 1.54) is 6.07 Å². The Kier molecular flexibility index (Phi) is 3.35. The smallest absolute Gasteiger partial charge is 0.261 e. The molecule has 1 aromatic heterocycles. The van der Waals surface area contributed by atoms with Crippen molar-refractivity contribution in [2.45, 2.75) is 12.5 Å². The largest absolute Gasteiger partial charge is 0.493 e. The summed E-state index contributed by atoms with van der Waals surface area (Å²) in [6.07, 6.45) is 1.69. The highest BCUT2D eigenvalue weighted by atomic mass is 16.5. The van der Waals surface area contributed by atoms with Crippen molar-refractivity contribution in [3.63, 3.8) is 0 Å². The maximum absolute atomic E-state index is 12.3. The van der Waals surface area contributed by atoms with Crippen LogP contribution in [-0.2, 0) is 6.54 Å². The minimum absolute atomic E-state index is 0.112. The highest BCUT2D eigenvalue weighted by Gasteiger charge is 2.24. The second-order valence-corrected chi connectivity index (χ2v) is 4.91. The van der Waals surface area contributed by atoms with E-state index in [0.29, 0.717) is 13.2 Å². The number of pyridine rings is 1. The summed E-state index contributed by atoms with van der Waals surface area (Å²) in [6.45, 7) is 1.03. The van der Waals surface area contributed by atoms with Gasteiger partial charge in [-0.25, -0.2) is 0 Å². The topological polar surface area (TPSA) is 89.8 Å². The zero-order chi connectivity index (χ0) is 14.8. The maximum atomic E-state index is 12.3. The number of oxime groups is 1. The first-order valence-electron chi connectivity index (χ1n) is 6.60. The lowest BCUT2D eigenvalue weighted by Gasteiger charge is -2.12. The molecule has 108 valence electrons. The molecule has 6 heteroatoms. The van der Waals surface area contributed by atoms with E-state index in [2.05, 4.69) is 5.16 Å². The fraction of sp³-hybridized carbons (Fsp3) is 0.200. The molecule has 1 aliphatic heterocycles. The van der Waals surface area contributed by atoms with Crippen molar-refractivity contribution >= 4 is 5.84 Å². The van der Waals surface area contributed by atoms with Gasteiger partial charge in [-0.1, -0.05) is 23.4 Å². The molecule has 2 heterocycles. The minimum atomic E-state index is -0.280. The summed E-state index contributed by atoms with van der Waals surface area (Å²) in [4.78, 5) is 12.3. The number of nitrogens with zero attached hydrogens (tertiary/aromatic N) is 2. The Bertz CT molecular complexity index is 752. The van der Waals surface area contributed by atoms with Gasteiger partial charge in [0.05, 0.1) is 12.2 Å². The van der Waals surface area contributed by atoms with Crippen LogP contribution in [-0.4, -0.2) is 22.2 Å². The van der Waals surface area contributed by atoms with Crippen molar-refractivity contribution in [3.8, 4) is 5.75 Å². The van der Waals surface area contributed by atoms with Gasteiger partial charge in [0.2, 0.25) is 0 Å². The van der Waals surface area contributed by atoms with E-state index in [-0.39, 0.29) is 22.9 Å². The van der Waals surface area contributed by atoms with Gasteiger partial charge in [0, 0.05) is 24.2 Å². The summed E-state index contributed by atoms with van der Waals surface area (Å²) in [5, 5.41) is 11.6. The average molecular weight is 285 g/mol. The van der Waals surface area contributed by atoms with Crippen LogP contribution in [0.2, 0.25) is 0 Å². The summed E-state index contributed by atoms with van der Waals surface area (Å²) < 4.78 is 7.18. The predicted octanol–water partition coefficient (Wildman–Crippen LogP) is 1.12. The zero-order valence-electron chi connectivity index (χ0n) is 11.3. The van der Waals surface area contributed by atoms with E-state index in [4.69, 9.17) is 15.7 Å². The number of rotatable bonds is 3. The Hall–Kier alpha value is -2.76. The maximum Gasteiger partial charge on any atom is 0.261 e. The molecular weight excluding hydrogens is 270 g/mol. The van der Waals surface area contributed by atoms with E-state index in [1.807, 2.05) is 24.3 Å². The Morgan fingerprint density at radius 3 is 3.00 bits per heavy atom. The van der Waals surface area contributed by atoms with Gasteiger partial charge in [-0.05, 0) is 18.2 Å². The van der Waals surface area contributed by atoms with Crippen molar-refractivity contribution in [2.24, 2.45) is 10.9 Å². The lowest BCUT2D eigenvalue weighted by atomic mass is 10.0. The number of nitrogens with two attached hydrogens (primary N) is 1. The molecule has 0 bridgehead atoms. The predicted molar refractivity (Wildman–Crippen MR) is 77.9 cm³/mol. The van der Waals surface area contributed by atoms with Crippen LogP contribution < -0.4 is 16.0 Å². The third kappa shape index (κ3) is 2.35. The number of amidine groups is 1. The molecule has 0 spiro atoms. The van der Waals surface area contributed by atoms with Gasteiger partial charge in [0.25, 0.3) is 5.56 Å². The molecule has 2 aromatic rings. The molecular formula is C15H15N3O3. The first-order chi connectivity index (χ1) is 10.2. The highest BCUT2D eigenvalue weighted by Crippen LogP contribution is 2.34. The monoisotopic (exact) mass is 285 g/mol. The van der Waals surface area contributed by atoms with Crippen molar-refractivity contribution in [1.29, 1.82) is 0 Å².